The number of halogens is 3. The number of unbranched alkanes of at least 4 members (excludes halogenated alkanes) is 2. The maximum atomic E-state index is 12.7. The van der Waals surface area contributed by atoms with Crippen molar-refractivity contribution in [3.8, 4) is 0 Å². The molecule has 0 amide bonds. The van der Waals surface area contributed by atoms with Gasteiger partial charge >= 0.3 is 6.08 Å². The summed E-state index contributed by atoms with van der Waals surface area (Å²) < 4.78 is 37.7. The third-order valence-corrected chi connectivity index (χ3v) is 1.84. The van der Waals surface area contributed by atoms with Crippen molar-refractivity contribution in [2.75, 3.05) is 0 Å². The average molecular weight is 192 g/mol. The van der Waals surface area contributed by atoms with Crippen LogP contribution < -0.4 is 0 Å². The zero-order valence-corrected chi connectivity index (χ0v) is 7.36. The lowest BCUT2D eigenvalue weighted by atomic mass is 10.2. The Kier molecular flexibility index (Phi) is 3.33. The molecule has 1 aromatic heterocycles. The summed E-state index contributed by atoms with van der Waals surface area (Å²) in [5.41, 5.74) is -0.300. The predicted molar refractivity (Wildman–Crippen MR) is 41.9 cm³/mol. The van der Waals surface area contributed by atoms with Crippen LogP contribution in [0, 0.1) is 12.0 Å². The Morgan fingerprint density at radius 3 is 2.46 bits per heavy atom. The van der Waals surface area contributed by atoms with E-state index < -0.39 is 12.0 Å². The lowest BCUT2D eigenvalue weighted by molar-refractivity contribution is 0.277. The first-order valence-electron chi connectivity index (χ1n) is 4.25. The minimum absolute atomic E-state index is 0.188. The summed E-state index contributed by atoms with van der Waals surface area (Å²) in [6.45, 7) is 1.98. The molecule has 0 radical (unpaired) electrons. The average Bonchev–Trinajstić information content (AvgIpc) is 2.32. The molecule has 0 N–H and O–H groups in total. The molecule has 13 heavy (non-hydrogen) atoms. The van der Waals surface area contributed by atoms with Crippen LogP contribution in [0.4, 0.5) is 13.3 Å². The lowest BCUT2D eigenvalue weighted by Crippen LogP contribution is -1.96. The first-order valence-corrected chi connectivity index (χ1v) is 4.25. The standard InChI is InChI=1S/C8H11F3N2/c1-2-3-4-5-6-7(9)12-8(10)13(6)11/h2-5H2,1H3. The maximum Gasteiger partial charge on any atom is 0.320 e. The van der Waals surface area contributed by atoms with Gasteiger partial charge in [0.15, 0.2) is 0 Å². The quantitative estimate of drug-likeness (QED) is 0.670. The second kappa shape index (κ2) is 4.30. The summed E-state index contributed by atoms with van der Waals surface area (Å²) in [6.07, 6.45) is 1.23. The van der Waals surface area contributed by atoms with Gasteiger partial charge in [-0.15, -0.1) is 4.79 Å². The third kappa shape index (κ3) is 2.23. The van der Waals surface area contributed by atoms with E-state index in [1.807, 2.05) is 6.92 Å². The smallest absolute Gasteiger partial charge is 0.183 e. The molecule has 0 bridgehead atoms. The summed E-state index contributed by atoms with van der Waals surface area (Å²) in [5, 5.41) is 0. The summed E-state index contributed by atoms with van der Waals surface area (Å²) in [7, 11) is 0. The van der Waals surface area contributed by atoms with Crippen LogP contribution in [0.15, 0.2) is 0 Å². The SMILES string of the molecule is CCCCCc1c(F)nc(F)n1F. The molecule has 0 unspecified atom stereocenters. The number of hydrogen-bond donors (Lipinski definition) is 0. The highest BCUT2D eigenvalue weighted by Crippen LogP contribution is 2.13. The summed E-state index contributed by atoms with van der Waals surface area (Å²) >= 11 is 0. The molecule has 0 aromatic carbocycles. The summed E-state index contributed by atoms with van der Waals surface area (Å²) in [5.74, 6) is -1.05. The van der Waals surface area contributed by atoms with Crippen molar-refractivity contribution in [1.29, 1.82) is 0 Å². The second-order valence-electron chi connectivity index (χ2n) is 2.86. The molecule has 1 rings (SSSR count). The van der Waals surface area contributed by atoms with Crippen molar-refractivity contribution in [3.63, 3.8) is 0 Å². The molecule has 0 saturated heterocycles. The van der Waals surface area contributed by atoms with Gasteiger partial charge in [0.2, 0.25) is 5.95 Å². The van der Waals surface area contributed by atoms with Gasteiger partial charge in [-0.2, -0.15) is 13.8 Å². The molecule has 0 aliphatic heterocycles. The topological polar surface area (TPSA) is 17.8 Å². The summed E-state index contributed by atoms with van der Waals surface area (Å²) in [4.78, 5) is 2.42. The molecule has 1 aromatic rings. The van der Waals surface area contributed by atoms with Crippen molar-refractivity contribution in [2.24, 2.45) is 0 Å². The molecule has 1 heterocycles. The first kappa shape index (κ1) is 10.1. The fourth-order valence-electron chi connectivity index (χ4n) is 1.13. The van der Waals surface area contributed by atoms with E-state index in [1.165, 1.54) is 0 Å². The molecule has 0 saturated carbocycles. The maximum absolute atomic E-state index is 12.7. The van der Waals surface area contributed by atoms with Crippen LogP contribution in [-0.2, 0) is 6.42 Å². The normalized spacial score (nSPS) is 10.8. The Morgan fingerprint density at radius 1 is 1.31 bits per heavy atom. The molecular weight excluding hydrogens is 181 g/mol. The molecule has 0 fully saturated rings. The largest absolute Gasteiger partial charge is 0.320 e. The van der Waals surface area contributed by atoms with E-state index in [2.05, 4.69) is 4.98 Å². The number of imidazole rings is 1. The minimum Gasteiger partial charge on any atom is -0.183 e. The first-order chi connectivity index (χ1) is 6.16. The van der Waals surface area contributed by atoms with E-state index >= 15 is 0 Å². The van der Waals surface area contributed by atoms with Crippen LogP contribution in [0.3, 0.4) is 0 Å². The molecule has 74 valence electrons. The van der Waals surface area contributed by atoms with Crippen molar-refractivity contribution in [1.82, 2.24) is 9.77 Å². The van der Waals surface area contributed by atoms with Crippen LogP contribution in [-0.4, -0.2) is 9.77 Å². The molecular formula is C8H11F3N2. The van der Waals surface area contributed by atoms with E-state index in [9.17, 15) is 13.3 Å². The number of nitrogens with zero attached hydrogens (tertiary/aromatic N) is 2. The van der Waals surface area contributed by atoms with E-state index in [1.54, 1.807) is 0 Å². The van der Waals surface area contributed by atoms with Gasteiger partial charge in [-0.3, -0.25) is 0 Å². The van der Waals surface area contributed by atoms with E-state index in [4.69, 9.17) is 0 Å². The van der Waals surface area contributed by atoms with Gasteiger partial charge in [-0.25, -0.2) is 0 Å². The molecule has 0 atom stereocenters. The highest BCUT2D eigenvalue weighted by atomic mass is 19.2. The van der Waals surface area contributed by atoms with Crippen LogP contribution >= 0.6 is 0 Å². The van der Waals surface area contributed by atoms with Crippen molar-refractivity contribution in [3.05, 3.63) is 17.7 Å². The van der Waals surface area contributed by atoms with Gasteiger partial charge < -0.3 is 0 Å². The predicted octanol–water partition coefficient (Wildman–Crippen LogP) is 2.63. The molecule has 0 aliphatic rings. The Morgan fingerprint density at radius 2 is 2.00 bits per heavy atom. The van der Waals surface area contributed by atoms with Crippen LogP contribution in [0.1, 0.15) is 31.9 Å². The highest BCUT2D eigenvalue weighted by molar-refractivity contribution is 5.00. The molecule has 5 heteroatoms. The zero-order valence-electron chi connectivity index (χ0n) is 7.36. The van der Waals surface area contributed by atoms with E-state index in [0.717, 1.165) is 12.8 Å². The Labute approximate surface area is 74.3 Å². The Hall–Kier alpha value is -1.00. The second-order valence-corrected chi connectivity index (χ2v) is 2.86. The van der Waals surface area contributed by atoms with Gasteiger partial charge in [0.1, 0.15) is 5.69 Å². The lowest BCUT2D eigenvalue weighted by Gasteiger charge is -1.97. The van der Waals surface area contributed by atoms with Crippen LogP contribution in [0.25, 0.3) is 0 Å². The summed E-state index contributed by atoms with van der Waals surface area (Å²) in [6, 6.07) is 0. The fourth-order valence-corrected chi connectivity index (χ4v) is 1.13. The Bertz CT molecular complexity index is 283. The third-order valence-electron chi connectivity index (χ3n) is 1.84. The van der Waals surface area contributed by atoms with Gasteiger partial charge in [0.25, 0.3) is 0 Å². The van der Waals surface area contributed by atoms with E-state index in [-0.39, 0.29) is 16.9 Å². The monoisotopic (exact) mass is 192 g/mol. The molecule has 0 aliphatic carbocycles. The zero-order chi connectivity index (χ0) is 9.84. The van der Waals surface area contributed by atoms with Crippen molar-refractivity contribution >= 4 is 0 Å². The minimum atomic E-state index is -1.41. The van der Waals surface area contributed by atoms with Crippen molar-refractivity contribution in [2.45, 2.75) is 32.6 Å². The fraction of sp³-hybridized carbons (Fsp3) is 0.625. The highest BCUT2D eigenvalue weighted by Gasteiger charge is 2.16. The van der Waals surface area contributed by atoms with Gasteiger partial charge in [-0.05, 0) is 12.8 Å². The van der Waals surface area contributed by atoms with Gasteiger partial charge in [0.05, 0.1) is 0 Å². The van der Waals surface area contributed by atoms with Crippen molar-refractivity contribution < 1.29 is 13.3 Å². The van der Waals surface area contributed by atoms with Crippen LogP contribution in [0.2, 0.25) is 0 Å². The van der Waals surface area contributed by atoms with Crippen LogP contribution in [0.5, 0.6) is 0 Å². The molecule has 0 spiro atoms. The number of hydrogen-bond acceptors (Lipinski definition) is 1. The Balaban J connectivity index is 2.64. The van der Waals surface area contributed by atoms with E-state index in [0.29, 0.717) is 6.42 Å². The van der Waals surface area contributed by atoms with Gasteiger partial charge in [-0.1, -0.05) is 24.2 Å². The number of rotatable bonds is 4. The number of aromatic nitrogens is 2. The van der Waals surface area contributed by atoms with Gasteiger partial charge in [0, 0.05) is 0 Å². The molecule has 2 nitrogen and oxygen atoms in total.